The molecule has 0 radical (unpaired) electrons. The van der Waals surface area contributed by atoms with Crippen LogP contribution in [0.3, 0.4) is 0 Å². The Labute approximate surface area is 234 Å². The van der Waals surface area contributed by atoms with E-state index < -0.39 is 23.7 Å². The number of nitriles is 1. The van der Waals surface area contributed by atoms with Crippen LogP contribution in [-0.2, 0) is 20.7 Å². The van der Waals surface area contributed by atoms with E-state index in [1.807, 2.05) is 32.6 Å². The monoisotopic (exact) mass is 537 g/mol. The zero-order valence-electron chi connectivity index (χ0n) is 24.6. The molecule has 0 spiro atoms. The van der Waals surface area contributed by atoms with Crippen LogP contribution >= 0.6 is 0 Å². The third-order valence-electron chi connectivity index (χ3n) is 8.11. The average molecular weight is 538 g/mol. The average Bonchev–Trinajstić information content (AvgIpc) is 2.91. The molecule has 0 aliphatic carbocycles. The molecule has 39 heavy (non-hydrogen) atoms. The molecule has 214 valence electrons. The molecule has 3 rings (SSSR count). The Kier molecular flexibility index (Phi) is 11.0. The lowest BCUT2D eigenvalue weighted by Gasteiger charge is -2.40. The van der Waals surface area contributed by atoms with Crippen molar-refractivity contribution < 1.29 is 19.1 Å². The number of carbonyl (C=O) groups excluding carboxylic acids is 3. The summed E-state index contributed by atoms with van der Waals surface area (Å²) < 4.78 is 5.62. The van der Waals surface area contributed by atoms with E-state index in [-0.39, 0.29) is 24.0 Å². The summed E-state index contributed by atoms with van der Waals surface area (Å²) in [5.41, 5.74) is 1.68. The zero-order valence-corrected chi connectivity index (χ0v) is 24.6. The van der Waals surface area contributed by atoms with Crippen LogP contribution in [0.15, 0.2) is 24.3 Å². The number of nitrogens with zero attached hydrogens (tertiary/aromatic N) is 3. The molecular weight excluding hydrogens is 490 g/mol. The maximum absolute atomic E-state index is 13.6. The van der Waals surface area contributed by atoms with Gasteiger partial charge in [0, 0.05) is 32.5 Å². The molecule has 7 nitrogen and oxygen atoms in total. The Balaban J connectivity index is 1.61. The van der Waals surface area contributed by atoms with Gasteiger partial charge in [0.1, 0.15) is 5.60 Å². The van der Waals surface area contributed by atoms with Crippen LogP contribution in [0.4, 0.5) is 4.79 Å². The van der Waals surface area contributed by atoms with Crippen molar-refractivity contribution in [2.75, 3.05) is 19.6 Å². The third-order valence-corrected chi connectivity index (χ3v) is 8.11. The molecule has 3 atom stereocenters. The van der Waals surface area contributed by atoms with Crippen LogP contribution in [0, 0.1) is 23.2 Å². The second-order valence-corrected chi connectivity index (χ2v) is 12.3. The Morgan fingerprint density at radius 3 is 2.28 bits per heavy atom. The molecule has 1 aromatic rings. The summed E-state index contributed by atoms with van der Waals surface area (Å²) in [5.74, 6) is 0.294. The molecule has 2 amide bonds. The van der Waals surface area contributed by atoms with Crippen molar-refractivity contribution in [1.82, 2.24) is 9.80 Å². The summed E-state index contributed by atoms with van der Waals surface area (Å²) in [6.45, 7) is 11.7. The van der Waals surface area contributed by atoms with Crippen molar-refractivity contribution in [2.24, 2.45) is 11.8 Å². The Morgan fingerprint density at radius 1 is 1.05 bits per heavy atom. The Morgan fingerprint density at radius 2 is 1.72 bits per heavy atom. The van der Waals surface area contributed by atoms with Crippen LogP contribution in [0.5, 0.6) is 0 Å². The number of hydrogen-bond acceptors (Lipinski definition) is 5. The van der Waals surface area contributed by atoms with Gasteiger partial charge in [0.05, 0.1) is 18.0 Å². The van der Waals surface area contributed by atoms with Crippen LogP contribution in [0.25, 0.3) is 0 Å². The number of Topliss-reactive ketones (excluding diaryl/α,β-unsaturated/α-hetero) is 1. The zero-order chi connectivity index (χ0) is 28.6. The first kappa shape index (κ1) is 30.7. The van der Waals surface area contributed by atoms with Gasteiger partial charge in [-0.2, -0.15) is 5.26 Å². The van der Waals surface area contributed by atoms with Crippen LogP contribution in [0.2, 0.25) is 0 Å². The SMILES string of the molecule is CCCC(=O)N1CCC(c2ccc(C[C@@H](C#N)CC(=O)[C@@H]3[C@H](CC)CCCN3C(=O)OC(C)(C)C)cc2)CC1. The maximum atomic E-state index is 13.6. The van der Waals surface area contributed by atoms with Crippen molar-refractivity contribution in [2.45, 2.75) is 110 Å². The number of ether oxygens (including phenoxy) is 1. The van der Waals surface area contributed by atoms with Gasteiger partial charge in [0.25, 0.3) is 0 Å². The molecule has 7 heteroatoms. The normalized spacial score (nSPS) is 21.2. The molecule has 0 N–H and O–H groups in total. The van der Waals surface area contributed by atoms with Crippen molar-refractivity contribution in [3.63, 3.8) is 0 Å². The fraction of sp³-hybridized carbons (Fsp3) is 0.688. The number of rotatable bonds is 9. The lowest BCUT2D eigenvalue weighted by Crippen LogP contribution is -2.54. The first-order chi connectivity index (χ1) is 18.6. The van der Waals surface area contributed by atoms with Crippen molar-refractivity contribution in [3.05, 3.63) is 35.4 Å². The molecule has 0 bridgehead atoms. The number of piperidine rings is 2. The molecule has 1 aromatic carbocycles. The van der Waals surface area contributed by atoms with Gasteiger partial charge >= 0.3 is 6.09 Å². The standard InChI is InChI=1S/C32H47N3O4/c1-6-9-29(37)34-18-15-27(16-19-34)26-13-11-23(12-14-26)20-24(22-33)21-28(36)30-25(7-2)10-8-17-35(30)31(38)39-32(3,4)5/h11-14,24-25,27,30H,6-10,15-21H2,1-5H3/t24-,25-,30+/m1/s1. The van der Waals surface area contributed by atoms with E-state index in [0.29, 0.717) is 25.3 Å². The predicted molar refractivity (Wildman–Crippen MR) is 152 cm³/mol. The van der Waals surface area contributed by atoms with Gasteiger partial charge in [-0.05, 0) is 82.3 Å². The van der Waals surface area contributed by atoms with Gasteiger partial charge in [0.2, 0.25) is 5.91 Å². The van der Waals surface area contributed by atoms with E-state index in [2.05, 4.69) is 37.3 Å². The minimum absolute atomic E-state index is 0.0417. The van der Waals surface area contributed by atoms with Crippen molar-refractivity contribution in [1.29, 1.82) is 5.26 Å². The quantitative estimate of drug-likeness (QED) is 0.371. The van der Waals surface area contributed by atoms with Gasteiger partial charge in [-0.15, -0.1) is 0 Å². The molecule has 2 saturated heterocycles. The summed E-state index contributed by atoms with van der Waals surface area (Å²) in [6, 6.07) is 10.2. The van der Waals surface area contributed by atoms with Crippen LogP contribution in [-0.4, -0.2) is 58.9 Å². The summed E-state index contributed by atoms with van der Waals surface area (Å²) in [7, 11) is 0. The van der Waals surface area contributed by atoms with Gasteiger partial charge in [0.15, 0.2) is 5.78 Å². The largest absolute Gasteiger partial charge is 0.444 e. The number of benzene rings is 1. The summed E-state index contributed by atoms with van der Waals surface area (Å²) >= 11 is 0. The number of likely N-dealkylation sites (tertiary alicyclic amines) is 2. The topological polar surface area (TPSA) is 90.7 Å². The first-order valence-corrected chi connectivity index (χ1v) is 14.8. The van der Waals surface area contributed by atoms with E-state index in [0.717, 1.165) is 57.2 Å². The highest BCUT2D eigenvalue weighted by Gasteiger charge is 2.40. The molecule has 2 fully saturated rings. The summed E-state index contributed by atoms with van der Waals surface area (Å²) in [5, 5.41) is 9.91. The second-order valence-electron chi connectivity index (χ2n) is 12.3. The molecule has 2 heterocycles. The minimum atomic E-state index is -0.630. The van der Waals surface area contributed by atoms with Gasteiger partial charge < -0.3 is 9.64 Å². The minimum Gasteiger partial charge on any atom is -0.444 e. The number of hydrogen-bond donors (Lipinski definition) is 0. The molecule has 0 aromatic heterocycles. The lowest BCUT2D eigenvalue weighted by atomic mass is 9.81. The fourth-order valence-corrected chi connectivity index (χ4v) is 6.04. The van der Waals surface area contributed by atoms with E-state index in [9.17, 15) is 19.6 Å². The second kappa shape index (κ2) is 14.0. The van der Waals surface area contributed by atoms with Crippen molar-refractivity contribution in [3.8, 4) is 6.07 Å². The molecule has 0 unspecified atom stereocenters. The Hall–Kier alpha value is -2.88. The van der Waals surface area contributed by atoms with E-state index in [4.69, 9.17) is 4.74 Å². The smallest absolute Gasteiger partial charge is 0.410 e. The van der Waals surface area contributed by atoms with Gasteiger partial charge in [-0.1, -0.05) is 44.5 Å². The maximum Gasteiger partial charge on any atom is 0.410 e. The molecule has 2 aliphatic rings. The van der Waals surface area contributed by atoms with E-state index >= 15 is 0 Å². The molecule has 0 saturated carbocycles. The summed E-state index contributed by atoms with van der Waals surface area (Å²) in [4.78, 5) is 42.3. The highest BCUT2D eigenvalue weighted by atomic mass is 16.6. The highest BCUT2D eigenvalue weighted by Crippen LogP contribution is 2.31. The Bertz CT molecular complexity index is 1020. The summed E-state index contributed by atoms with van der Waals surface area (Å²) in [6.07, 6.45) is 6.20. The molecule has 2 aliphatic heterocycles. The molecular formula is C32H47N3O4. The van der Waals surface area contributed by atoms with Gasteiger partial charge in [-0.25, -0.2) is 4.79 Å². The number of carbonyl (C=O) groups is 3. The van der Waals surface area contributed by atoms with Gasteiger partial charge in [-0.3, -0.25) is 14.5 Å². The van der Waals surface area contributed by atoms with Crippen LogP contribution < -0.4 is 0 Å². The first-order valence-electron chi connectivity index (χ1n) is 14.8. The van der Waals surface area contributed by atoms with Crippen molar-refractivity contribution >= 4 is 17.8 Å². The predicted octanol–water partition coefficient (Wildman–Crippen LogP) is 6.26. The lowest BCUT2D eigenvalue weighted by molar-refractivity contribution is -0.132. The fourth-order valence-electron chi connectivity index (χ4n) is 6.04. The highest BCUT2D eigenvalue weighted by molar-refractivity contribution is 5.88. The van der Waals surface area contributed by atoms with Crippen LogP contribution in [0.1, 0.15) is 103 Å². The van der Waals surface area contributed by atoms with E-state index in [1.165, 1.54) is 5.56 Å². The third kappa shape index (κ3) is 8.55. The number of ketones is 1. The number of amides is 2. The van der Waals surface area contributed by atoms with E-state index in [1.54, 1.807) is 4.90 Å².